The predicted octanol–water partition coefficient (Wildman–Crippen LogP) is 3.73. The number of carbonyl (C=O) groups excluding carboxylic acids is 2. The summed E-state index contributed by atoms with van der Waals surface area (Å²) in [5.41, 5.74) is 0. The normalized spacial score (nSPS) is 13.3. The van der Waals surface area contributed by atoms with Crippen molar-refractivity contribution < 1.29 is 14.7 Å². The summed E-state index contributed by atoms with van der Waals surface area (Å²) in [6, 6.07) is -1.33. The van der Waals surface area contributed by atoms with Crippen LogP contribution >= 0.6 is 0 Å². The van der Waals surface area contributed by atoms with Gasteiger partial charge in [0.25, 0.3) is 0 Å². The Hall–Kier alpha value is -1.30. The van der Waals surface area contributed by atoms with Gasteiger partial charge in [0.15, 0.2) is 0 Å². The van der Waals surface area contributed by atoms with Gasteiger partial charge in [-0.25, -0.2) is 4.79 Å². The van der Waals surface area contributed by atoms with Gasteiger partial charge in [-0.15, -0.1) is 0 Å². The van der Waals surface area contributed by atoms with Gasteiger partial charge in [0.05, 0.1) is 6.10 Å². The average molecular weight is 386 g/mol. The molecule has 0 saturated carbocycles. The van der Waals surface area contributed by atoms with E-state index >= 15 is 0 Å². The maximum atomic E-state index is 12.1. The van der Waals surface area contributed by atoms with Crippen LogP contribution in [-0.4, -0.2) is 42.3 Å². The molecule has 0 aliphatic heterocycles. The number of nitrogens with one attached hydrogen (secondary N) is 3. The Morgan fingerprint density at radius 2 is 1.37 bits per heavy atom. The number of rotatable bonds is 16. The molecule has 0 heterocycles. The summed E-state index contributed by atoms with van der Waals surface area (Å²) in [6.45, 7) is 9.02. The SMILES string of the molecule is CCCCCCCCCCCNC(=O)N[C@H](C(=O)NCCC(C)C)[C@@H](C)O. The first kappa shape index (κ1) is 25.7. The average Bonchev–Trinajstić information content (AvgIpc) is 2.60. The third-order valence-corrected chi connectivity index (χ3v) is 4.64. The van der Waals surface area contributed by atoms with E-state index in [2.05, 4.69) is 36.7 Å². The second-order valence-corrected chi connectivity index (χ2v) is 7.92. The lowest BCUT2D eigenvalue weighted by molar-refractivity contribution is -0.125. The van der Waals surface area contributed by atoms with E-state index in [9.17, 15) is 14.7 Å². The van der Waals surface area contributed by atoms with Crippen LogP contribution in [0.5, 0.6) is 0 Å². The van der Waals surface area contributed by atoms with Crippen molar-refractivity contribution in [3.63, 3.8) is 0 Å². The maximum absolute atomic E-state index is 12.1. The van der Waals surface area contributed by atoms with Gasteiger partial charge >= 0.3 is 6.03 Å². The van der Waals surface area contributed by atoms with Crippen molar-refractivity contribution in [1.29, 1.82) is 0 Å². The molecule has 0 unspecified atom stereocenters. The van der Waals surface area contributed by atoms with E-state index in [1.165, 1.54) is 51.9 Å². The van der Waals surface area contributed by atoms with Crippen molar-refractivity contribution in [2.75, 3.05) is 13.1 Å². The Labute approximate surface area is 166 Å². The largest absolute Gasteiger partial charge is 0.391 e. The van der Waals surface area contributed by atoms with Crippen molar-refractivity contribution in [2.45, 2.75) is 104 Å². The molecule has 0 bridgehead atoms. The molecule has 0 radical (unpaired) electrons. The third-order valence-electron chi connectivity index (χ3n) is 4.64. The van der Waals surface area contributed by atoms with Gasteiger partial charge in [0.1, 0.15) is 6.04 Å². The molecule has 3 amide bonds. The fourth-order valence-electron chi connectivity index (χ4n) is 2.83. The molecule has 4 N–H and O–H groups in total. The molecule has 2 atom stereocenters. The quantitative estimate of drug-likeness (QED) is 0.305. The molecule has 0 fully saturated rings. The summed E-state index contributed by atoms with van der Waals surface area (Å²) >= 11 is 0. The lowest BCUT2D eigenvalue weighted by atomic mass is 10.1. The molecule has 0 aromatic heterocycles. The lowest BCUT2D eigenvalue weighted by Crippen LogP contribution is -2.55. The molecule has 160 valence electrons. The number of hydrogen-bond acceptors (Lipinski definition) is 3. The molecule has 0 rings (SSSR count). The van der Waals surface area contributed by atoms with Crippen LogP contribution in [0.2, 0.25) is 0 Å². The number of hydrogen-bond donors (Lipinski definition) is 4. The fourth-order valence-corrected chi connectivity index (χ4v) is 2.83. The molecule has 0 aromatic carbocycles. The summed E-state index contributed by atoms with van der Waals surface area (Å²) in [5.74, 6) is 0.145. The fraction of sp³-hybridized carbons (Fsp3) is 0.905. The highest BCUT2D eigenvalue weighted by Crippen LogP contribution is 2.09. The van der Waals surface area contributed by atoms with E-state index in [1.807, 2.05) is 0 Å². The maximum Gasteiger partial charge on any atom is 0.315 e. The first-order chi connectivity index (χ1) is 12.9. The van der Waals surface area contributed by atoms with Crippen molar-refractivity contribution in [3.05, 3.63) is 0 Å². The number of amides is 3. The molecular formula is C21H43N3O3. The molecule has 27 heavy (non-hydrogen) atoms. The molecule has 0 aliphatic rings. The van der Waals surface area contributed by atoms with E-state index in [0.717, 1.165) is 19.3 Å². The number of carbonyl (C=O) groups is 2. The minimum Gasteiger partial charge on any atom is -0.391 e. The monoisotopic (exact) mass is 385 g/mol. The van der Waals surface area contributed by atoms with Crippen LogP contribution in [0.3, 0.4) is 0 Å². The molecular weight excluding hydrogens is 342 g/mol. The number of unbranched alkanes of at least 4 members (excludes halogenated alkanes) is 8. The summed E-state index contributed by atoms with van der Waals surface area (Å²) in [7, 11) is 0. The number of aliphatic hydroxyl groups excluding tert-OH is 1. The summed E-state index contributed by atoms with van der Waals surface area (Å²) in [6.07, 6.45) is 11.0. The van der Waals surface area contributed by atoms with Gasteiger partial charge in [0, 0.05) is 13.1 Å². The lowest BCUT2D eigenvalue weighted by Gasteiger charge is -2.21. The molecule has 0 aliphatic carbocycles. The van der Waals surface area contributed by atoms with E-state index in [1.54, 1.807) is 0 Å². The van der Waals surface area contributed by atoms with E-state index < -0.39 is 18.2 Å². The Bertz CT molecular complexity index is 387. The predicted molar refractivity (Wildman–Crippen MR) is 112 cm³/mol. The zero-order chi connectivity index (χ0) is 20.5. The summed E-state index contributed by atoms with van der Waals surface area (Å²) < 4.78 is 0. The van der Waals surface area contributed by atoms with Crippen molar-refractivity contribution in [3.8, 4) is 0 Å². The van der Waals surface area contributed by atoms with Gasteiger partial charge in [-0.2, -0.15) is 0 Å². The smallest absolute Gasteiger partial charge is 0.315 e. The molecule has 0 spiro atoms. The van der Waals surface area contributed by atoms with E-state index in [-0.39, 0.29) is 5.91 Å². The Morgan fingerprint density at radius 1 is 0.815 bits per heavy atom. The van der Waals surface area contributed by atoms with Crippen molar-refractivity contribution >= 4 is 11.9 Å². The van der Waals surface area contributed by atoms with Crippen molar-refractivity contribution in [2.24, 2.45) is 5.92 Å². The second-order valence-electron chi connectivity index (χ2n) is 7.92. The Balaban J connectivity index is 3.84. The van der Waals surface area contributed by atoms with E-state index in [4.69, 9.17) is 0 Å². The van der Waals surface area contributed by atoms with Crippen LogP contribution in [0.4, 0.5) is 4.79 Å². The second kappa shape index (κ2) is 16.8. The Morgan fingerprint density at radius 3 is 1.89 bits per heavy atom. The third kappa shape index (κ3) is 15.5. The topological polar surface area (TPSA) is 90.5 Å². The van der Waals surface area contributed by atoms with Crippen LogP contribution in [0, 0.1) is 5.92 Å². The first-order valence-electron chi connectivity index (χ1n) is 10.9. The van der Waals surface area contributed by atoms with Crippen molar-refractivity contribution in [1.82, 2.24) is 16.0 Å². The molecule has 6 nitrogen and oxygen atoms in total. The zero-order valence-corrected chi connectivity index (χ0v) is 18.0. The summed E-state index contributed by atoms with van der Waals surface area (Å²) in [5, 5.41) is 17.9. The standard InChI is InChI=1S/C21H43N3O3/c1-5-6-7-8-9-10-11-12-13-15-23-21(27)24-19(18(4)25)20(26)22-16-14-17(2)3/h17-19,25H,5-16H2,1-4H3,(H,22,26)(H2,23,24,27)/t18-,19+/m1/s1. The highest BCUT2D eigenvalue weighted by Gasteiger charge is 2.25. The minimum absolute atomic E-state index is 0.344. The van der Waals surface area contributed by atoms with Crippen LogP contribution < -0.4 is 16.0 Å². The van der Waals surface area contributed by atoms with Gasteiger partial charge in [-0.05, 0) is 25.7 Å². The molecule has 0 aromatic rings. The van der Waals surface area contributed by atoms with Gasteiger partial charge < -0.3 is 21.1 Å². The number of urea groups is 1. The van der Waals surface area contributed by atoms with Crippen LogP contribution in [0.15, 0.2) is 0 Å². The molecule has 6 heteroatoms. The summed E-state index contributed by atoms with van der Waals surface area (Å²) in [4.78, 5) is 24.1. The number of aliphatic hydroxyl groups is 1. The van der Waals surface area contributed by atoms with Gasteiger partial charge in [0.2, 0.25) is 5.91 Å². The first-order valence-corrected chi connectivity index (χ1v) is 10.9. The van der Waals surface area contributed by atoms with Crippen LogP contribution in [-0.2, 0) is 4.79 Å². The van der Waals surface area contributed by atoms with Gasteiger partial charge in [-0.1, -0.05) is 72.1 Å². The highest BCUT2D eigenvalue weighted by atomic mass is 16.3. The van der Waals surface area contributed by atoms with E-state index in [0.29, 0.717) is 19.0 Å². The zero-order valence-electron chi connectivity index (χ0n) is 18.0. The Kier molecular flexibility index (Phi) is 16.0. The van der Waals surface area contributed by atoms with Crippen LogP contribution in [0.25, 0.3) is 0 Å². The minimum atomic E-state index is -0.942. The molecule has 0 saturated heterocycles. The van der Waals surface area contributed by atoms with Gasteiger partial charge in [-0.3, -0.25) is 4.79 Å². The highest BCUT2D eigenvalue weighted by molar-refractivity contribution is 5.87. The van der Waals surface area contributed by atoms with Crippen LogP contribution in [0.1, 0.15) is 91.9 Å².